The van der Waals surface area contributed by atoms with Crippen molar-refractivity contribution in [2.24, 2.45) is 0 Å². The van der Waals surface area contributed by atoms with E-state index in [9.17, 15) is 9.59 Å². The lowest BCUT2D eigenvalue weighted by Crippen LogP contribution is -2.46. The molecule has 1 unspecified atom stereocenters. The van der Waals surface area contributed by atoms with Gasteiger partial charge in [-0.3, -0.25) is 9.59 Å². The average Bonchev–Trinajstić information content (AvgIpc) is 2.50. The third-order valence-corrected chi connectivity index (χ3v) is 4.39. The summed E-state index contributed by atoms with van der Waals surface area (Å²) in [6.07, 6.45) is 0. The minimum Gasteiger partial charge on any atom is -0.352 e. The van der Waals surface area contributed by atoms with Gasteiger partial charge in [-0.2, -0.15) is 11.8 Å². The molecule has 1 aliphatic heterocycles. The molecule has 0 radical (unpaired) electrons. The fraction of sp³-hybridized carbons (Fsp3) is 0.467. The SMILES string of the molecule is CCNC(=O)c1ccc(C)c(NC(=O)C2CSCCN2)c1. The van der Waals surface area contributed by atoms with Gasteiger partial charge in [0.2, 0.25) is 5.91 Å². The summed E-state index contributed by atoms with van der Waals surface area (Å²) in [5.41, 5.74) is 2.20. The Morgan fingerprint density at radius 3 is 2.90 bits per heavy atom. The molecule has 0 saturated carbocycles. The van der Waals surface area contributed by atoms with Crippen molar-refractivity contribution in [2.45, 2.75) is 19.9 Å². The Hall–Kier alpha value is -1.53. The van der Waals surface area contributed by atoms with Gasteiger partial charge in [-0.05, 0) is 31.5 Å². The molecule has 1 saturated heterocycles. The molecule has 1 aromatic rings. The van der Waals surface area contributed by atoms with Gasteiger partial charge in [0.25, 0.3) is 5.91 Å². The largest absolute Gasteiger partial charge is 0.352 e. The van der Waals surface area contributed by atoms with E-state index in [-0.39, 0.29) is 17.9 Å². The van der Waals surface area contributed by atoms with Gasteiger partial charge >= 0.3 is 0 Å². The lowest BCUT2D eigenvalue weighted by molar-refractivity contribution is -0.117. The van der Waals surface area contributed by atoms with Crippen molar-refractivity contribution < 1.29 is 9.59 Å². The van der Waals surface area contributed by atoms with E-state index in [1.807, 2.05) is 19.9 Å². The molecule has 2 rings (SSSR count). The maximum absolute atomic E-state index is 12.2. The van der Waals surface area contributed by atoms with Crippen LogP contribution < -0.4 is 16.0 Å². The zero-order valence-corrected chi connectivity index (χ0v) is 13.2. The predicted octanol–water partition coefficient (Wildman–Crippen LogP) is 1.39. The molecular weight excluding hydrogens is 286 g/mol. The summed E-state index contributed by atoms with van der Waals surface area (Å²) < 4.78 is 0. The number of benzene rings is 1. The molecule has 6 heteroatoms. The Labute approximate surface area is 129 Å². The first kappa shape index (κ1) is 15.9. The minimum absolute atomic E-state index is 0.0432. The summed E-state index contributed by atoms with van der Waals surface area (Å²) in [5, 5.41) is 8.88. The number of amides is 2. The number of rotatable bonds is 4. The van der Waals surface area contributed by atoms with Crippen LogP contribution in [0.5, 0.6) is 0 Å². The molecule has 1 aliphatic rings. The van der Waals surface area contributed by atoms with E-state index in [2.05, 4.69) is 16.0 Å². The third kappa shape index (κ3) is 4.22. The van der Waals surface area contributed by atoms with E-state index in [1.54, 1.807) is 23.9 Å². The van der Waals surface area contributed by atoms with Gasteiger partial charge in [0.15, 0.2) is 0 Å². The number of hydrogen-bond donors (Lipinski definition) is 3. The van der Waals surface area contributed by atoms with Crippen LogP contribution in [0, 0.1) is 6.92 Å². The first-order chi connectivity index (χ1) is 10.1. The number of carbonyl (C=O) groups excluding carboxylic acids is 2. The average molecular weight is 307 g/mol. The van der Waals surface area contributed by atoms with Gasteiger partial charge < -0.3 is 16.0 Å². The molecule has 0 aromatic heterocycles. The summed E-state index contributed by atoms with van der Waals surface area (Å²) in [7, 11) is 0. The van der Waals surface area contributed by atoms with Gasteiger partial charge in [-0.15, -0.1) is 0 Å². The van der Waals surface area contributed by atoms with Crippen molar-refractivity contribution in [3.63, 3.8) is 0 Å². The van der Waals surface area contributed by atoms with Crippen molar-refractivity contribution in [1.82, 2.24) is 10.6 Å². The number of thioether (sulfide) groups is 1. The maximum Gasteiger partial charge on any atom is 0.251 e. The second-order valence-corrected chi connectivity index (χ2v) is 6.11. The Morgan fingerprint density at radius 1 is 1.43 bits per heavy atom. The lowest BCUT2D eigenvalue weighted by Gasteiger charge is -2.22. The summed E-state index contributed by atoms with van der Waals surface area (Å²) in [5.74, 6) is 1.65. The molecule has 3 N–H and O–H groups in total. The van der Waals surface area contributed by atoms with Gasteiger partial charge in [-0.1, -0.05) is 6.07 Å². The van der Waals surface area contributed by atoms with Crippen LogP contribution in [0.2, 0.25) is 0 Å². The quantitative estimate of drug-likeness (QED) is 0.786. The molecule has 0 bridgehead atoms. The highest BCUT2D eigenvalue weighted by Crippen LogP contribution is 2.18. The Balaban J connectivity index is 2.09. The van der Waals surface area contributed by atoms with E-state index in [0.29, 0.717) is 17.8 Å². The smallest absolute Gasteiger partial charge is 0.251 e. The molecule has 1 aromatic carbocycles. The van der Waals surface area contributed by atoms with Crippen LogP contribution in [0.3, 0.4) is 0 Å². The number of hydrogen-bond acceptors (Lipinski definition) is 4. The molecule has 1 atom stereocenters. The highest BCUT2D eigenvalue weighted by molar-refractivity contribution is 7.99. The monoisotopic (exact) mass is 307 g/mol. The molecule has 0 spiro atoms. The molecule has 1 fully saturated rings. The standard InChI is InChI=1S/C15H21N3O2S/c1-3-16-14(19)11-5-4-10(2)12(8-11)18-15(20)13-9-21-7-6-17-13/h4-5,8,13,17H,3,6-7,9H2,1-2H3,(H,16,19)(H,18,20). The van der Waals surface area contributed by atoms with Crippen molar-refractivity contribution in [3.8, 4) is 0 Å². The molecule has 1 heterocycles. The predicted molar refractivity (Wildman–Crippen MR) is 86.9 cm³/mol. The molecular formula is C15H21N3O2S. The van der Waals surface area contributed by atoms with E-state index >= 15 is 0 Å². The molecule has 5 nitrogen and oxygen atoms in total. The van der Waals surface area contributed by atoms with Crippen LogP contribution in [0.25, 0.3) is 0 Å². The summed E-state index contributed by atoms with van der Waals surface area (Å²) >= 11 is 1.77. The molecule has 21 heavy (non-hydrogen) atoms. The van der Waals surface area contributed by atoms with Gasteiger partial charge in [0, 0.05) is 35.8 Å². The Kier molecular flexibility index (Phi) is 5.64. The van der Waals surface area contributed by atoms with Gasteiger partial charge in [0.1, 0.15) is 0 Å². The topological polar surface area (TPSA) is 70.2 Å². The Bertz CT molecular complexity index is 528. The van der Waals surface area contributed by atoms with Crippen LogP contribution in [0.15, 0.2) is 18.2 Å². The van der Waals surface area contributed by atoms with Crippen LogP contribution in [0.1, 0.15) is 22.8 Å². The van der Waals surface area contributed by atoms with Crippen molar-refractivity contribution in [2.75, 3.05) is 29.9 Å². The fourth-order valence-electron chi connectivity index (χ4n) is 2.11. The van der Waals surface area contributed by atoms with Crippen LogP contribution in [-0.4, -0.2) is 42.5 Å². The minimum atomic E-state index is -0.170. The number of nitrogens with one attached hydrogen (secondary N) is 3. The van der Waals surface area contributed by atoms with Crippen LogP contribution in [-0.2, 0) is 4.79 Å². The van der Waals surface area contributed by atoms with Crippen LogP contribution in [0.4, 0.5) is 5.69 Å². The maximum atomic E-state index is 12.2. The second-order valence-electron chi connectivity index (χ2n) is 4.96. The normalized spacial score (nSPS) is 18.1. The zero-order valence-electron chi connectivity index (χ0n) is 12.4. The van der Waals surface area contributed by atoms with E-state index in [1.165, 1.54) is 0 Å². The summed E-state index contributed by atoms with van der Waals surface area (Å²) in [6.45, 7) is 5.22. The number of carbonyl (C=O) groups is 2. The highest BCUT2D eigenvalue weighted by atomic mass is 32.2. The fourth-order valence-corrected chi connectivity index (χ4v) is 3.05. The highest BCUT2D eigenvalue weighted by Gasteiger charge is 2.21. The first-order valence-electron chi connectivity index (χ1n) is 7.12. The van der Waals surface area contributed by atoms with Crippen molar-refractivity contribution >= 4 is 29.3 Å². The second kappa shape index (κ2) is 7.47. The molecule has 2 amide bonds. The molecule has 0 aliphatic carbocycles. The van der Waals surface area contributed by atoms with Gasteiger partial charge in [0.05, 0.1) is 6.04 Å². The van der Waals surface area contributed by atoms with E-state index < -0.39 is 0 Å². The van der Waals surface area contributed by atoms with Crippen molar-refractivity contribution in [1.29, 1.82) is 0 Å². The first-order valence-corrected chi connectivity index (χ1v) is 8.28. The van der Waals surface area contributed by atoms with E-state index in [4.69, 9.17) is 0 Å². The lowest BCUT2D eigenvalue weighted by atomic mass is 10.1. The number of anilines is 1. The third-order valence-electron chi connectivity index (χ3n) is 3.33. The van der Waals surface area contributed by atoms with Gasteiger partial charge in [-0.25, -0.2) is 0 Å². The summed E-state index contributed by atoms with van der Waals surface area (Å²) in [4.78, 5) is 24.1. The summed E-state index contributed by atoms with van der Waals surface area (Å²) in [6, 6.07) is 5.18. The van der Waals surface area contributed by atoms with Crippen LogP contribution >= 0.6 is 11.8 Å². The Morgan fingerprint density at radius 2 is 2.24 bits per heavy atom. The molecule has 114 valence electrons. The van der Waals surface area contributed by atoms with E-state index in [0.717, 1.165) is 23.6 Å². The number of aryl methyl sites for hydroxylation is 1. The zero-order chi connectivity index (χ0) is 15.2. The van der Waals surface area contributed by atoms with Crippen molar-refractivity contribution in [3.05, 3.63) is 29.3 Å².